The Bertz CT molecular complexity index is 1520. The van der Waals surface area contributed by atoms with Crippen molar-refractivity contribution in [2.24, 2.45) is 5.92 Å². The van der Waals surface area contributed by atoms with Crippen molar-refractivity contribution in [2.75, 3.05) is 37.2 Å². The molecule has 1 aliphatic heterocycles. The number of allylic oxidation sites excluding steroid dienone is 1. The van der Waals surface area contributed by atoms with Crippen LogP contribution in [-0.4, -0.2) is 47.2 Å². The molecule has 3 aromatic carbocycles. The molecule has 7 heteroatoms. The number of nitrogen functional groups attached to an aromatic ring is 1. The summed E-state index contributed by atoms with van der Waals surface area (Å²) in [6, 6.07) is 18.7. The van der Waals surface area contributed by atoms with Crippen LogP contribution in [-0.2, 0) is 6.54 Å². The third kappa shape index (κ3) is 5.78. The molecule has 1 aromatic heterocycles. The Labute approximate surface area is 229 Å². The zero-order valence-corrected chi connectivity index (χ0v) is 22.5. The molecule has 5 rings (SSSR count). The third-order valence-corrected chi connectivity index (χ3v) is 7.46. The first-order valence-corrected chi connectivity index (χ1v) is 13.3. The van der Waals surface area contributed by atoms with Crippen molar-refractivity contribution >= 4 is 34.2 Å². The van der Waals surface area contributed by atoms with Gasteiger partial charge >= 0.3 is 0 Å². The minimum atomic E-state index is -0.230. The number of nitrogens with one attached hydrogen (secondary N) is 2. The number of benzene rings is 3. The van der Waals surface area contributed by atoms with E-state index in [9.17, 15) is 0 Å². The molecule has 0 aliphatic carbocycles. The van der Waals surface area contributed by atoms with E-state index < -0.39 is 0 Å². The van der Waals surface area contributed by atoms with Crippen LogP contribution in [0.5, 0.6) is 0 Å². The Morgan fingerprint density at radius 2 is 1.87 bits per heavy atom. The zero-order chi connectivity index (χ0) is 27.5. The third-order valence-electron chi connectivity index (χ3n) is 7.46. The van der Waals surface area contributed by atoms with Crippen molar-refractivity contribution in [3.8, 4) is 11.1 Å². The lowest BCUT2D eigenvalue weighted by Crippen LogP contribution is -2.45. The second-order valence-corrected chi connectivity index (χ2v) is 10.4. The minimum Gasteiger partial charge on any atom is -0.398 e. The molecule has 0 unspecified atom stereocenters. The maximum absolute atomic E-state index is 15.4. The number of nitrogens with zero attached hydrogens (tertiary/aromatic N) is 3. The van der Waals surface area contributed by atoms with E-state index in [0.717, 1.165) is 66.1 Å². The van der Waals surface area contributed by atoms with Crippen LogP contribution in [0.15, 0.2) is 79.1 Å². The van der Waals surface area contributed by atoms with Gasteiger partial charge in [0.1, 0.15) is 5.82 Å². The first-order valence-electron chi connectivity index (χ1n) is 13.3. The van der Waals surface area contributed by atoms with Gasteiger partial charge in [-0.1, -0.05) is 38.6 Å². The van der Waals surface area contributed by atoms with Crippen LogP contribution in [0.1, 0.15) is 25.0 Å². The molecule has 1 saturated heterocycles. The second-order valence-electron chi connectivity index (χ2n) is 10.4. The molecule has 0 amide bonds. The average molecular weight is 523 g/mol. The minimum absolute atomic E-state index is 0.230. The first-order chi connectivity index (χ1) is 18.8. The summed E-state index contributed by atoms with van der Waals surface area (Å²) in [6.07, 6.45) is 2.98. The molecule has 1 fully saturated rings. The molecule has 0 spiro atoms. The van der Waals surface area contributed by atoms with Gasteiger partial charge in [0.25, 0.3) is 0 Å². The summed E-state index contributed by atoms with van der Waals surface area (Å²) in [5.74, 6) is 0.222. The number of halogens is 1. The van der Waals surface area contributed by atoms with Crippen LogP contribution in [0.2, 0.25) is 0 Å². The number of rotatable bonds is 8. The van der Waals surface area contributed by atoms with Gasteiger partial charge < -0.3 is 21.4 Å². The Morgan fingerprint density at radius 3 is 2.59 bits per heavy atom. The summed E-state index contributed by atoms with van der Waals surface area (Å²) >= 11 is 0. The molecule has 6 nitrogen and oxygen atoms in total. The van der Waals surface area contributed by atoms with Crippen molar-refractivity contribution < 1.29 is 4.39 Å². The number of anilines is 3. The van der Waals surface area contributed by atoms with Gasteiger partial charge in [-0.3, -0.25) is 9.88 Å². The molecule has 0 bridgehead atoms. The average Bonchev–Trinajstić information content (AvgIpc) is 2.94. The SMILES string of the molecule is C=C(C(C)C)N1CCN(Cc2ccc(-c3ccc4nccc(Nc5ccc(N)c(C=N)c5)c4c3)c(F)c2)CC1. The molecule has 1 aliphatic rings. The van der Waals surface area contributed by atoms with Crippen molar-refractivity contribution in [1.29, 1.82) is 5.41 Å². The van der Waals surface area contributed by atoms with Crippen molar-refractivity contribution in [3.05, 3.63) is 96.1 Å². The maximum Gasteiger partial charge on any atom is 0.131 e. The summed E-state index contributed by atoms with van der Waals surface area (Å²) < 4.78 is 15.4. The van der Waals surface area contributed by atoms with E-state index >= 15 is 4.39 Å². The maximum atomic E-state index is 15.4. The lowest BCUT2D eigenvalue weighted by Gasteiger charge is -2.38. The smallest absolute Gasteiger partial charge is 0.131 e. The van der Waals surface area contributed by atoms with Gasteiger partial charge in [0.15, 0.2) is 0 Å². The second kappa shape index (κ2) is 11.3. The number of nitrogens with two attached hydrogens (primary N) is 1. The summed E-state index contributed by atoms with van der Waals surface area (Å²) in [5.41, 5.74) is 13.1. The van der Waals surface area contributed by atoms with Crippen molar-refractivity contribution in [1.82, 2.24) is 14.8 Å². The van der Waals surface area contributed by atoms with Crippen LogP contribution < -0.4 is 11.1 Å². The normalized spacial score (nSPS) is 14.1. The van der Waals surface area contributed by atoms with E-state index in [4.69, 9.17) is 11.1 Å². The van der Waals surface area contributed by atoms with Gasteiger partial charge in [-0.25, -0.2) is 4.39 Å². The van der Waals surface area contributed by atoms with E-state index in [1.54, 1.807) is 18.3 Å². The molecular weight excluding hydrogens is 487 g/mol. The largest absolute Gasteiger partial charge is 0.398 e. The van der Waals surface area contributed by atoms with Gasteiger partial charge in [-0.15, -0.1) is 0 Å². The molecule has 39 heavy (non-hydrogen) atoms. The van der Waals surface area contributed by atoms with Crippen LogP contribution in [0.25, 0.3) is 22.0 Å². The summed E-state index contributed by atoms with van der Waals surface area (Å²) in [4.78, 5) is 9.23. The van der Waals surface area contributed by atoms with Crippen molar-refractivity contribution in [2.45, 2.75) is 20.4 Å². The lowest BCUT2D eigenvalue weighted by atomic mass is 10.00. The van der Waals surface area contributed by atoms with E-state index in [1.165, 1.54) is 11.9 Å². The quantitative estimate of drug-likeness (QED) is 0.178. The summed E-state index contributed by atoms with van der Waals surface area (Å²) in [5, 5.41) is 11.9. The number of pyridine rings is 1. The van der Waals surface area contributed by atoms with E-state index in [2.05, 4.69) is 40.5 Å². The number of aromatic nitrogens is 1. The number of hydrogen-bond acceptors (Lipinski definition) is 6. The standard InChI is InChI=1S/C32H35FN6/c1-21(2)22(3)39-14-12-38(13-15-39)20-23-4-7-27(29(33)16-23)24-5-9-31-28(18-24)32(10-11-36-31)37-26-6-8-30(35)25(17-26)19-34/h4-11,16-19,21,34H,3,12-15,20,35H2,1-2H3,(H,36,37). The van der Waals surface area contributed by atoms with E-state index in [0.29, 0.717) is 22.7 Å². The monoisotopic (exact) mass is 522 g/mol. The van der Waals surface area contributed by atoms with Crippen molar-refractivity contribution in [3.63, 3.8) is 0 Å². The Morgan fingerprint density at radius 1 is 1.08 bits per heavy atom. The molecular formula is C32H35FN6. The van der Waals surface area contributed by atoms with Gasteiger partial charge in [-0.05, 0) is 59.5 Å². The molecule has 0 saturated carbocycles. The van der Waals surface area contributed by atoms with Crippen LogP contribution in [0.3, 0.4) is 0 Å². The molecule has 4 aromatic rings. The fourth-order valence-electron chi connectivity index (χ4n) is 5.06. The van der Waals surface area contributed by atoms with Crippen LogP contribution >= 0.6 is 0 Å². The highest BCUT2D eigenvalue weighted by Crippen LogP contribution is 2.32. The molecule has 4 N–H and O–H groups in total. The fourth-order valence-corrected chi connectivity index (χ4v) is 5.06. The van der Waals surface area contributed by atoms with Gasteiger partial charge in [0.05, 0.1) is 5.52 Å². The highest BCUT2D eigenvalue weighted by Gasteiger charge is 2.20. The summed E-state index contributed by atoms with van der Waals surface area (Å²) in [6.45, 7) is 13.1. The number of fused-ring (bicyclic) bond motifs is 1. The molecule has 2 heterocycles. The van der Waals surface area contributed by atoms with Gasteiger partial charge in [0, 0.05) is 84.4 Å². The van der Waals surface area contributed by atoms with E-state index in [-0.39, 0.29) is 5.82 Å². The predicted molar refractivity (Wildman–Crippen MR) is 160 cm³/mol. The van der Waals surface area contributed by atoms with Gasteiger partial charge in [0.2, 0.25) is 0 Å². The van der Waals surface area contributed by atoms with Gasteiger partial charge in [-0.2, -0.15) is 0 Å². The predicted octanol–water partition coefficient (Wildman–Crippen LogP) is 6.65. The number of hydrogen-bond donors (Lipinski definition) is 3. The molecule has 0 radical (unpaired) electrons. The number of piperazine rings is 1. The molecule has 200 valence electrons. The Kier molecular flexibility index (Phi) is 7.61. The summed E-state index contributed by atoms with van der Waals surface area (Å²) in [7, 11) is 0. The van der Waals surface area contributed by atoms with E-state index in [1.807, 2.05) is 48.5 Å². The molecule has 0 atom stereocenters. The van der Waals surface area contributed by atoms with Crippen LogP contribution in [0, 0.1) is 17.1 Å². The Balaban J connectivity index is 1.34. The topological polar surface area (TPSA) is 81.3 Å². The van der Waals surface area contributed by atoms with Crippen LogP contribution in [0.4, 0.5) is 21.5 Å². The fraction of sp³-hybridized carbons (Fsp3) is 0.250. The zero-order valence-electron chi connectivity index (χ0n) is 22.5. The lowest BCUT2D eigenvalue weighted by molar-refractivity contribution is 0.145. The highest BCUT2D eigenvalue weighted by atomic mass is 19.1. The Hall–Kier alpha value is -4.23. The highest BCUT2D eigenvalue weighted by molar-refractivity contribution is 5.96. The first kappa shape index (κ1) is 26.4.